The quantitative estimate of drug-likeness (QED) is 0.765. The summed E-state index contributed by atoms with van der Waals surface area (Å²) in [6.45, 7) is 1.96. The highest BCUT2D eigenvalue weighted by Crippen LogP contribution is 2.43. The third kappa shape index (κ3) is 3.09. The summed E-state index contributed by atoms with van der Waals surface area (Å²) in [6.07, 6.45) is 4.15. The van der Waals surface area contributed by atoms with Gasteiger partial charge >= 0.3 is 0 Å². The number of nitrogens with zero attached hydrogens (tertiary/aromatic N) is 3. The number of carbonyl (C=O) groups is 1. The number of carbonyl (C=O) groups excluding carboxylic acids is 1. The van der Waals surface area contributed by atoms with Crippen molar-refractivity contribution in [2.75, 3.05) is 5.32 Å². The molecule has 5 nitrogen and oxygen atoms in total. The first-order valence-corrected chi connectivity index (χ1v) is 8.47. The fraction of sp³-hybridized carbons (Fsp3) is 0.278. The smallest absolute Gasteiger partial charge is 0.246 e. The van der Waals surface area contributed by atoms with Gasteiger partial charge in [-0.2, -0.15) is 5.10 Å². The van der Waals surface area contributed by atoms with E-state index in [9.17, 15) is 9.18 Å². The molecule has 128 valence electrons. The number of nitrogens with one attached hydrogen (secondary N) is 1. The molecule has 1 saturated carbocycles. The second kappa shape index (κ2) is 6.11. The Balaban J connectivity index is 1.59. The van der Waals surface area contributed by atoms with Crippen molar-refractivity contribution in [1.29, 1.82) is 0 Å². The zero-order valence-corrected chi connectivity index (χ0v) is 14.3. The Morgan fingerprint density at radius 3 is 2.92 bits per heavy atom. The van der Waals surface area contributed by atoms with Crippen LogP contribution in [0.25, 0.3) is 11.0 Å². The fourth-order valence-electron chi connectivity index (χ4n) is 3.07. The van der Waals surface area contributed by atoms with Gasteiger partial charge in [0, 0.05) is 17.3 Å². The first-order chi connectivity index (χ1) is 12.0. The van der Waals surface area contributed by atoms with Crippen molar-refractivity contribution >= 4 is 34.2 Å². The average Bonchev–Trinajstić information content (AvgIpc) is 3.37. The van der Waals surface area contributed by atoms with Gasteiger partial charge < -0.3 is 5.32 Å². The number of halogens is 2. The summed E-state index contributed by atoms with van der Waals surface area (Å²) in [5, 5.41) is 8.20. The third-order valence-corrected chi connectivity index (χ3v) is 4.64. The molecule has 0 saturated heterocycles. The number of aryl methyl sites for hydroxylation is 1. The second-order valence-electron chi connectivity index (χ2n) is 6.29. The summed E-state index contributed by atoms with van der Waals surface area (Å²) in [6, 6.07) is 6.11. The molecule has 1 aliphatic rings. The van der Waals surface area contributed by atoms with Gasteiger partial charge in [-0.25, -0.2) is 14.1 Å². The first-order valence-electron chi connectivity index (χ1n) is 8.10. The van der Waals surface area contributed by atoms with E-state index in [-0.39, 0.29) is 17.5 Å². The van der Waals surface area contributed by atoms with Crippen molar-refractivity contribution in [3.8, 4) is 0 Å². The van der Waals surface area contributed by atoms with Crippen molar-refractivity contribution in [2.45, 2.75) is 32.2 Å². The van der Waals surface area contributed by atoms with Gasteiger partial charge in [-0.3, -0.25) is 4.79 Å². The molecular weight excluding hydrogens is 343 g/mol. The number of aromatic nitrogens is 3. The van der Waals surface area contributed by atoms with Crippen LogP contribution in [0.4, 0.5) is 10.1 Å². The Morgan fingerprint density at radius 2 is 2.20 bits per heavy atom. The topological polar surface area (TPSA) is 59.8 Å². The van der Waals surface area contributed by atoms with Crippen LogP contribution in [0.5, 0.6) is 0 Å². The highest BCUT2D eigenvalue weighted by Gasteiger charge is 2.27. The van der Waals surface area contributed by atoms with Crippen LogP contribution in [-0.4, -0.2) is 20.7 Å². The summed E-state index contributed by atoms with van der Waals surface area (Å²) < 4.78 is 14.8. The predicted octanol–water partition coefficient (Wildman–Crippen LogP) is 4.05. The minimum Gasteiger partial charge on any atom is -0.324 e. The van der Waals surface area contributed by atoms with E-state index in [4.69, 9.17) is 11.6 Å². The molecule has 0 atom stereocenters. The maximum atomic E-state index is 13.2. The standard InChI is InChI=1S/C18H16ClFN4O/c1-10-17-13(11-2-3-11)6-7-21-18(17)24(23-10)9-16(25)22-12-4-5-15(20)14(19)8-12/h4-8,11H,2-3,9H2,1H3,(H,22,25). The van der Waals surface area contributed by atoms with Crippen LogP contribution in [0.15, 0.2) is 30.5 Å². The van der Waals surface area contributed by atoms with E-state index in [1.165, 1.54) is 36.6 Å². The number of pyridine rings is 1. The van der Waals surface area contributed by atoms with Crippen molar-refractivity contribution in [1.82, 2.24) is 14.8 Å². The van der Waals surface area contributed by atoms with E-state index in [0.29, 0.717) is 17.3 Å². The van der Waals surface area contributed by atoms with Gasteiger partial charge in [0.1, 0.15) is 12.4 Å². The molecule has 25 heavy (non-hydrogen) atoms. The van der Waals surface area contributed by atoms with Gasteiger partial charge in [0.2, 0.25) is 5.91 Å². The molecule has 1 fully saturated rings. The van der Waals surface area contributed by atoms with Crippen LogP contribution < -0.4 is 5.32 Å². The van der Waals surface area contributed by atoms with Crippen molar-refractivity contribution in [2.24, 2.45) is 0 Å². The molecule has 1 N–H and O–H groups in total. The Morgan fingerprint density at radius 1 is 1.40 bits per heavy atom. The SMILES string of the molecule is Cc1nn(CC(=O)Nc2ccc(F)c(Cl)c2)c2nccc(C3CC3)c12. The van der Waals surface area contributed by atoms with Gasteiger partial charge in [-0.15, -0.1) is 0 Å². The van der Waals surface area contributed by atoms with Gasteiger partial charge in [0.15, 0.2) is 5.65 Å². The Kier molecular flexibility index (Phi) is 3.92. The summed E-state index contributed by atoms with van der Waals surface area (Å²) in [4.78, 5) is 16.7. The number of anilines is 1. The lowest BCUT2D eigenvalue weighted by Gasteiger charge is -2.07. The summed E-state index contributed by atoms with van der Waals surface area (Å²) >= 11 is 5.74. The number of benzene rings is 1. The van der Waals surface area contributed by atoms with Gasteiger partial charge in [0.25, 0.3) is 0 Å². The minimum absolute atomic E-state index is 0.0282. The van der Waals surface area contributed by atoms with Gasteiger partial charge in [0.05, 0.1) is 10.7 Å². The normalized spacial score (nSPS) is 14.0. The van der Waals surface area contributed by atoms with Crippen LogP contribution in [-0.2, 0) is 11.3 Å². The van der Waals surface area contributed by atoms with Crippen LogP contribution in [0.1, 0.15) is 30.0 Å². The molecule has 0 aliphatic heterocycles. The van der Waals surface area contributed by atoms with Crippen molar-refractivity contribution in [3.05, 3.63) is 52.6 Å². The Bertz CT molecular complexity index is 981. The molecule has 1 aliphatic carbocycles. The average molecular weight is 359 g/mol. The van der Waals surface area contributed by atoms with E-state index < -0.39 is 5.82 Å². The molecular formula is C18H16ClFN4O. The second-order valence-corrected chi connectivity index (χ2v) is 6.70. The maximum absolute atomic E-state index is 13.2. The molecule has 4 rings (SSSR count). The molecule has 2 aromatic heterocycles. The zero-order valence-electron chi connectivity index (χ0n) is 13.6. The summed E-state index contributed by atoms with van der Waals surface area (Å²) in [5.74, 6) is -0.215. The van der Waals surface area contributed by atoms with Crippen LogP contribution in [0.2, 0.25) is 5.02 Å². The molecule has 2 heterocycles. The Hall–Kier alpha value is -2.47. The van der Waals surface area contributed by atoms with Crippen LogP contribution in [0.3, 0.4) is 0 Å². The van der Waals surface area contributed by atoms with Gasteiger partial charge in [-0.1, -0.05) is 11.6 Å². The molecule has 0 unspecified atom stereocenters. The zero-order chi connectivity index (χ0) is 17.6. The lowest BCUT2D eigenvalue weighted by atomic mass is 10.1. The molecule has 0 bridgehead atoms. The molecule has 7 heteroatoms. The molecule has 1 aromatic carbocycles. The molecule has 0 spiro atoms. The van der Waals surface area contributed by atoms with E-state index in [1.54, 1.807) is 10.9 Å². The molecule has 3 aromatic rings. The van der Waals surface area contributed by atoms with Crippen LogP contribution in [0, 0.1) is 12.7 Å². The van der Waals surface area contributed by atoms with E-state index >= 15 is 0 Å². The summed E-state index contributed by atoms with van der Waals surface area (Å²) in [7, 11) is 0. The fourth-order valence-corrected chi connectivity index (χ4v) is 3.25. The number of hydrogen-bond acceptors (Lipinski definition) is 3. The van der Waals surface area contributed by atoms with Crippen molar-refractivity contribution < 1.29 is 9.18 Å². The predicted molar refractivity (Wildman–Crippen MR) is 94.3 cm³/mol. The first kappa shape index (κ1) is 16.0. The number of fused-ring (bicyclic) bond motifs is 1. The highest BCUT2D eigenvalue weighted by molar-refractivity contribution is 6.31. The largest absolute Gasteiger partial charge is 0.324 e. The third-order valence-electron chi connectivity index (χ3n) is 4.35. The van der Waals surface area contributed by atoms with E-state index in [2.05, 4.69) is 15.4 Å². The Labute approximate surface area is 148 Å². The van der Waals surface area contributed by atoms with Gasteiger partial charge in [-0.05, 0) is 55.5 Å². The lowest BCUT2D eigenvalue weighted by Crippen LogP contribution is -2.19. The van der Waals surface area contributed by atoms with E-state index in [0.717, 1.165) is 11.1 Å². The molecule has 0 radical (unpaired) electrons. The molecule has 1 amide bonds. The number of hydrogen-bond donors (Lipinski definition) is 1. The number of rotatable bonds is 4. The maximum Gasteiger partial charge on any atom is 0.246 e. The lowest BCUT2D eigenvalue weighted by molar-refractivity contribution is -0.116. The summed E-state index contributed by atoms with van der Waals surface area (Å²) in [5.41, 5.74) is 3.30. The minimum atomic E-state index is -0.523. The highest BCUT2D eigenvalue weighted by atomic mass is 35.5. The van der Waals surface area contributed by atoms with E-state index in [1.807, 2.05) is 13.0 Å². The number of amides is 1. The van der Waals surface area contributed by atoms with Crippen LogP contribution >= 0.6 is 11.6 Å². The van der Waals surface area contributed by atoms with Crippen molar-refractivity contribution in [3.63, 3.8) is 0 Å². The monoisotopic (exact) mass is 358 g/mol.